The van der Waals surface area contributed by atoms with E-state index in [9.17, 15) is 22.8 Å². The number of hydrogen-bond acceptors (Lipinski definition) is 5. The van der Waals surface area contributed by atoms with Crippen LogP contribution < -0.4 is 10.6 Å². The molecule has 0 aliphatic heterocycles. The topological polar surface area (TPSA) is 97.1 Å². The molecule has 0 saturated carbocycles. The molecule has 0 fully saturated rings. The van der Waals surface area contributed by atoms with Gasteiger partial charge in [-0.2, -0.15) is 13.2 Å². The highest BCUT2D eigenvalue weighted by molar-refractivity contribution is 6.07. The molecule has 0 bridgehead atoms. The average molecular weight is 468 g/mol. The van der Waals surface area contributed by atoms with Crippen LogP contribution >= 0.6 is 0 Å². The predicted octanol–water partition coefficient (Wildman–Crippen LogP) is 5.11. The van der Waals surface area contributed by atoms with Gasteiger partial charge < -0.3 is 15.2 Å². The molecule has 2 amide bonds. The summed E-state index contributed by atoms with van der Waals surface area (Å²) in [5.74, 6) is -0.760. The number of nitrogens with zero attached hydrogens (tertiary/aromatic N) is 2. The summed E-state index contributed by atoms with van der Waals surface area (Å²) in [5.41, 5.74) is 0.618. The van der Waals surface area contributed by atoms with Gasteiger partial charge in [0.2, 0.25) is 5.91 Å². The minimum Gasteiger partial charge on any atom is -0.348 e. The first-order valence-corrected chi connectivity index (χ1v) is 10.2. The molecule has 174 valence electrons. The molecule has 4 aromatic rings. The highest BCUT2D eigenvalue weighted by Gasteiger charge is 2.34. The van der Waals surface area contributed by atoms with Crippen molar-refractivity contribution in [3.05, 3.63) is 77.0 Å². The molecule has 0 saturated heterocycles. The Labute approximate surface area is 192 Å². The van der Waals surface area contributed by atoms with Gasteiger partial charge in [0, 0.05) is 24.7 Å². The van der Waals surface area contributed by atoms with E-state index in [4.69, 9.17) is 4.52 Å². The number of hydrogen-bond donors (Lipinski definition) is 2. The monoisotopic (exact) mass is 468 g/mol. The summed E-state index contributed by atoms with van der Waals surface area (Å²) in [6.07, 6.45) is -4.61. The smallest absolute Gasteiger partial charge is 0.348 e. The molecule has 0 atom stereocenters. The zero-order chi connectivity index (χ0) is 24.5. The molecule has 2 aromatic carbocycles. The Hall–Kier alpha value is -4.21. The number of rotatable bonds is 5. The Morgan fingerprint density at radius 2 is 1.82 bits per heavy atom. The molecule has 2 N–H and O–H groups in total. The molecule has 2 aromatic heterocycles. The SMILES string of the molecule is CC(=O)Nc1cccc(CNC(=O)c2cc(-c3ccccc3C(F)(F)F)nc3onc(C)c23)c1. The molecular formula is C24H19F3N4O3. The van der Waals surface area contributed by atoms with Gasteiger partial charge in [0.05, 0.1) is 27.9 Å². The molecule has 0 aliphatic carbocycles. The number of anilines is 1. The minimum absolute atomic E-state index is 0.0372. The van der Waals surface area contributed by atoms with E-state index in [-0.39, 0.29) is 35.0 Å². The number of nitrogens with one attached hydrogen (secondary N) is 2. The number of halogens is 3. The first-order chi connectivity index (χ1) is 16.1. The van der Waals surface area contributed by atoms with E-state index in [1.165, 1.54) is 31.2 Å². The van der Waals surface area contributed by atoms with Crippen LogP contribution in [0.4, 0.5) is 18.9 Å². The zero-order valence-corrected chi connectivity index (χ0v) is 18.2. The van der Waals surface area contributed by atoms with Gasteiger partial charge in [-0.3, -0.25) is 9.59 Å². The number of carbonyl (C=O) groups excluding carboxylic acids is 2. The quantitative estimate of drug-likeness (QED) is 0.425. The van der Waals surface area contributed by atoms with Crippen LogP contribution in [0.5, 0.6) is 0 Å². The van der Waals surface area contributed by atoms with Crippen LogP contribution in [-0.2, 0) is 17.5 Å². The number of carbonyl (C=O) groups is 2. The predicted molar refractivity (Wildman–Crippen MR) is 119 cm³/mol. The summed E-state index contributed by atoms with van der Waals surface area (Å²) in [6.45, 7) is 3.12. The van der Waals surface area contributed by atoms with Crippen LogP contribution in [0, 0.1) is 6.92 Å². The Morgan fingerprint density at radius 3 is 2.56 bits per heavy atom. The van der Waals surface area contributed by atoms with Crippen molar-refractivity contribution in [2.75, 3.05) is 5.32 Å². The highest BCUT2D eigenvalue weighted by Crippen LogP contribution is 2.37. The summed E-state index contributed by atoms with van der Waals surface area (Å²) >= 11 is 0. The van der Waals surface area contributed by atoms with Gasteiger partial charge in [-0.1, -0.05) is 35.5 Å². The molecule has 2 heterocycles. The third-order valence-electron chi connectivity index (χ3n) is 5.07. The summed E-state index contributed by atoms with van der Waals surface area (Å²) in [4.78, 5) is 28.6. The normalized spacial score (nSPS) is 11.4. The molecule has 0 spiro atoms. The van der Waals surface area contributed by atoms with Crippen molar-refractivity contribution < 1.29 is 27.3 Å². The molecule has 0 radical (unpaired) electrons. The lowest BCUT2D eigenvalue weighted by atomic mass is 10.0. The number of benzene rings is 2. The van der Waals surface area contributed by atoms with Gasteiger partial charge in [0.1, 0.15) is 0 Å². The van der Waals surface area contributed by atoms with Crippen LogP contribution in [0.3, 0.4) is 0 Å². The van der Waals surface area contributed by atoms with E-state index in [0.717, 1.165) is 11.6 Å². The van der Waals surface area contributed by atoms with Crippen LogP contribution in [0.25, 0.3) is 22.4 Å². The first kappa shape index (κ1) is 23.0. The van der Waals surface area contributed by atoms with Crippen molar-refractivity contribution in [2.45, 2.75) is 26.6 Å². The van der Waals surface area contributed by atoms with Crippen molar-refractivity contribution in [2.24, 2.45) is 0 Å². The third-order valence-corrected chi connectivity index (χ3v) is 5.07. The van der Waals surface area contributed by atoms with Crippen molar-refractivity contribution in [1.29, 1.82) is 0 Å². The number of amides is 2. The number of aryl methyl sites for hydroxylation is 1. The maximum Gasteiger partial charge on any atom is 0.417 e. The van der Waals surface area contributed by atoms with Crippen molar-refractivity contribution in [1.82, 2.24) is 15.5 Å². The molecule has 34 heavy (non-hydrogen) atoms. The number of aromatic nitrogens is 2. The van der Waals surface area contributed by atoms with Gasteiger partial charge in [-0.25, -0.2) is 4.98 Å². The molecule has 0 aliphatic rings. The Morgan fingerprint density at radius 1 is 1.06 bits per heavy atom. The van der Waals surface area contributed by atoms with Crippen LogP contribution in [0.15, 0.2) is 59.1 Å². The highest BCUT2D eigenvalue weighted by atomic mass is 19.4. The second-order valence-electron chi connectivity index (χ2n) is 7.61. The number of pyridine rings is 1. The molecular weight excluding hydrogens is 449 g/mol. The summed E-state index contributed by atoms with van der Waals surface area (Å²) in [5, 5.41) is 9.56. The summed E-state index contributed by atoms with van der Waals surface area (Å²) in [7, 11) is 0. The number of fused-ring (bicyclic) bond motifs is 1. The summed E-state index contributed by atoms with van der Waals surface area (Å²) in [6, 6.07) is 13.2. The van der Waals surface area contributed by atoms with Crippen molar-refractivity contribution in [3.63, 3.8) is 0 Å². The Kier molecular flexibility index (Phi) is 6.06. The maximum absolute atomic E-state index is 13.6. The van der Waals surface area contributed by atoms with Crippen LogP contribution in [0.2, 0.25) is 0 Å². The second-order valence-corrected chi connectivity index (χ2v) is 7.61. The molecule has 10 heteroatoms. The van der Waals surface area contributed by atoms with Gasteiger partial charge in [0.25, 0.3) is 11.6 Å². The molecule has 7 nitrogen and oxygen atoms in total. The van der Waals surface area contributed by atoms with E-state index in [1.54, 1.807) is 31.2 Å². The lowest BCUT2D eigenvalue weighted by Gasteiger charge is -2.13. The van der Waals surface area contributed by atoms with E-state index in [0.29, 0.717) is 16.8 Å². The third kappa shape index (κ3) is 4.75. The van der Waals surface area contributed by atoms with E-state index < -0.39 is 17.6 Å². The van der Waals surface area contributed by atoms with Crippen LogP contribution in [-0.4, -0.2) is 22.0 Å². The van der Waals surface area contributed by atoms with Gasteiger partial charge >= 0.3 is 6.18 Å². The Balaban J connectivity index is 1.70. The fourth-order valence-electron chi connectivity index (χ4n) is 3.61. The fourth-order valence-corrected chi connectivity index (χ4v) is 3.61. The second kappa shape index (κ2) is 8.97. The standard InChI is InChI=1S/C24H19F3N4O3/c1-13-21-18(22(33)28-12-15-6-5-7-16(10-15)29-14(2)32)11-20(30-23(21)34-31-13)17-8-3-4-9-19(17)24(25,26)27/h3-11H,12H2,1-2H3,(H,28,33)(H,29,32). The van der Waals surface area contributed by atoms with Crippen LogP contribution in [0.1, 0.15) is 34.1 Å². The maximum atomic E-state index is 13.6. The first-order valence-electron chi connectivity index (χ1n) is 10.2. The van der Waals surface area contributed by atoms with E-state index in [1.807, 2.05) is 0 Å². The molecule has 0 unspecified atom stereocenters. The average Bonchev–Trinajstić information content (AvgIpc) is 3.17. The summed E-state index contributed by atoms with van der Waals surface area (Å²) < 4.78 is 45.9. The fraction of sp³-hybridized carbons (Fsp3) is 0.167. The van der Waals surface area contributed by atoms with Gasteiger partial charge in [-0.05, 0) is 36.8 Å². The van der Waals surface area contributed by atoms with Crippen molar-refractivity contribution in [3.8, 4) is 11.3 Å². The van der Waals surface area contributed by atoms with Gasteiger partial charge in [0.15, 0.2) is 0 Å². The lowest BCUT2D eigenvalue weighted by molar-refractivity contribution is -0.137. The minimum atomic E-state index is -4.61. The van der Waals surface area contributed by atoms with E-state index >= 15 is 0 Å². The van der Waals surface area contributed by atoms with E-state index in [2.05, 4.69) is 20.8 Å². The number of alkyl halides is 3. The van der Waals surface area contributed by atoms with Crippen molar-refractivity contribution >= 4 is 28.6 Å². The zero-order valence-electron chi connectivity index (χ0n) is 18.2. The Bertz CT molecular complexity index is 1400. The largest absolute Gasteiger partial charge is 0.417 e. The van der Waals surface area contributed by atoms with Gasteiger partial charge in [-0.15, -0.1) is 0 Å². The molecule has 4 rings (SSSR count). The lowest BCUT2D eigenvalue weighted by Crippen LogP contribution is -2.23.